The molecule has 2 aromatic heterocycles. The molecule has 1 aromatic carbocycles. The van der Waals surface area contributed by atoms with Crippen molar-refractivity contribution in [2.75, 3.05) is 23.3 Å². The van der Waals surface area contributed by atoms with Crippen LogP contribution in [0.25, 0.3) is 23.0 Å². The SMILES string of the molecule is C=Cc1cnn(-c2nc(C(=C)Nc3ccccc3N3CCC[C@@H](N)C3)cs2)c1/C=C\C. The number of nitrogens with one attached hydrogen (secondary N) is 1. The number of thiazole rings is 1. The summed E-state index contributed by atoms with van der Waals surface area (Å²) in [5.74, 6) is 0. The smallest absolute Gasteiger partial charge is 0.211 e. The van der Waals surface area contributed by atoms with E-state index in [-0.39, 0.29) is 6.04 Å². The molecule has 0 saturated carbocycles. The van der Waals surface area contributed by atoms with E-state index in [0.717, 1.165) is 65.1 Å². The van der Waals surface area contributed by atoms with Crippen LogP contribution in [0.5, 0.6) is 0 Å². The van der Waals surface area contributed by atoms with Gasteiger partial charge in [-0.1, -0.05) is 37.4 Å². The molecule has 1 saturated heterocycles. The third kappa shape index (κ3) is 4.47. The molecule has 1 fully saturated rings. The van der Waals surface area contributed by atoms with Gasteiger partial charge < -0.3 is 16.0 Å². The van der Waals surface area contributed by atoms with Crippen LogP contribution in [0.3, 0.4) is 0 Å². The summed E-state index contributed by atoms with van der Waals surface area (Å²) < 4.78 is 1.83. The van der Waals surface area contributed by atoms with Crippen LogP contribution in [0.1, 0.15) is 36.7 Å². The highest BCUT2D eigenvalue weighted by atomic mass is 32.1. The van der Waals surface area contributed by atoms with E-state index in [1.165, 1.54) is 11.3 Å². The van der Waals surface area contributed by atoms with Crippen molar-refractivity contribution in [3.8, 4) is 5.13 Å². The van der Waals surface area contributed by atoms with Crippen molar-refractivity contribution in [2.45, 2.75) is 25.8 Å². The minimum absolute atomic E-state index is 0.215. The first-order valence-electron chi connectivity index (χ1n) is 10.5. The van der Waals surface area contributed by atoms with Gasteiger partial charge in [-0.05, 0) is 38.0 Å². The second-order valence-electron chi connectivity index (χ2n) is 7.59. The van der Waals surface area contributed by atoms with Crippen molar-refractivity contribution >= 4 is 40.6 Å². The Balaban J connectivity index is 1.56. The summed E-state index contributed by atoms with van der Waals surface area (Å²) >= 11 is 1.53. The van der Waals surface area contributed by atoms with Crippen molar-refractivity contribution in [1.82, 2.24) is 14.8 Å². The number of hydrogen-bond acceptors (Lipinski definition) is 6. The summed E-state index contributed by atoms with van der Waals surface area (Å²) in [7, 11) is 0. The first kappa shape index (κ1) is 21.1. The van der Waals surface area contributed by atoms with E-state index < -0.39 is 0 Å². The van der Waals surface area contributed by atoms with E-state index in [9.17, 15) is 0 Å². The molecule has 160 valence electrons. The van der Waals surface area contributed by atoms with E-state index in [0.29, 0.717) is 0 Å². The molecular formula is C24H28N6S. The van der Waals surface area contributed by atoms with E-state index in [1.54, 1.807) is 12.3 Å². The lowest BCUT2D eigenvalue weighted by molar-refractivity contribution is 0.506. The fourth-order valence-electron chi connectivity index (χ4n) is 3.82. The second-order valence-corrected chi connectivity index (χ2v) is 8.42. The third-order valence-corrected chi connectivity index (χ3v) is 6.17. The van der Waals surface area contributed by atoms with Gasteiger partial charge in [0.05, 0.1) is 34.7 Å². The predicted molar refractivity (Wildman–Crippen MR) is 133 cm³/mol. The number of nitrogens with two attached hydrogens (primary N) is 1. The van der Waals surface area contributed by atoms with Crippen LogP contribution in [0, 0.1) is 0 Å². The Labute approximate surface area is 187 Å². The Kier molecular flexibility index (Phi) is 6.34. The van der Waals surface area contributed by atoms with Crippen LogP contribution >= 0.6 is 11.3 Å². The maximum atomic E-state index is 6.20. The molecule has 0 radical (unpaired) electrons. The number of allylic oxidation sites excluding steroid dienone is 1. The summed E-state index contributed by atoms with van der Waals surface area (Å²) in [6, 6.07) is 8.50. The molecule has 0 spiro atoms. The number of anilines is 2. The quantitative estimate of drug-likeness (QED) is 0.549. The van der Waals surface area contributed by atoms with Crippen LogP contribution < -0.4 is 16.0 Å². The number of piperidine rings is 1. The molecule has 3 aromatic rings. The molecule has 0 aliphatic carbocycles. The van der Waals surface area contributed by atoms with Gasteiger partial charge in [-0.2, -0.15) is 5.10 Å². The molecular weight excluding hydrogens is 404 g/mol. The summed E-state index contributed by atoms with van der Waals surface area (Å²) in [6.45, 7) is 12.0. The molecule has 31 heavy (non-hydrogen) atoms. The average molecular weight is 433 g/mol. The highest BCUT2D eigenvalue weighted by Crippen LogP contribution is 2.31. The highest BCUT2D eigenvalue weighted by molar-refractivity contribution is 7.12. The summed E-state index contributed by atoms with van der Waals surface area (Å²) in [4.78, 5) is 7.12. The van der Waals surface area contributed by atoms with Crippen molar-refractivity contribution in [2.24, 2.45) is 5.73 Å². The molecule has 3 N–H and O–H groups in total. The molecule has 1 atom stereocenters. The van der Waals surface area contributed by atoms with Gasteiger partial charge in [-0.15, -0.1) is 11.3 Å². The van der Waals surface area contributed by atoms with Crippen LogP contribution in [-0.2, 0) is 0 Å². The number of rotatable bonds is 7. The number of para-hydroxylation sites is 2. The Hall–Kier alpha value is -3.16. The Morgan fingerprint density at radius 1 is 1.35 bits per heavy atom. The van der Waals surface area contributed by atoms with Gasteiger partial charge in [-0.3, -0.25) is 0 Å². The van der Waals surface area contributed by atoms with Gasteiger partial charge >= 0.3 is 0 Å². The maximum Gasteiger partial charge on any atom is 0.211 e. The fourth-order valence-corrected chi connectivity index (χ4v) is 4.62. The van der Waals surface area contributed by atoms with Gasteiger partial charge in [0.15, 0.2) is 0 Å². The van der Waals surface area contributed by atoms with Crippen LogP contribution in [-0.4, -0.2) is 33.9 Å². The monoisotopic (exact) mass is 432 g/mol. The standard InChI is InChI=1S/C24H28N6S/c1-4-9-22-18(5-2)14-26-30(22)24-28-21(16-31-24)17(3)27-20-11-6-7-12-23(20)29-13-8-10-19(25)15-29/h4-7,9,11-12,14,16,19,27H,2-3,8,10,13,15,25H2,1H3/b9-4-/t19-/m1/s1. The molecule has 4 rings (SSSR count). The molecule has 1 aliphatic rings. The topological polar surface area (TPSA) is 72.0 Å². The van der Waals surface area contributed by atoms with E-state index in [2.05, 4.69) is 46.7 Å². The zero-order valence-corrected chi connectivity index (χ0v) is 18.6. The van der Waals surface area contributed by atoms with Crippen LogP contribution in [0.4, 0.5) is 11.4 Å². The van der Waals surface area contributed by atoms with Crippen molar-refractivity contribution < 1.29 is 0 Å². The fraction of sp³-hybridized carbons (Fsp3) is 0.250. The largest absolute Gasteiger partial charge is 0.368 e. The number of benzene rings is 1. The maximum absolute atomic E-state index is 6.20. The average Bonchev–Trinajstić information content (AvgIpc) is 3.41. The normalized spacial score (nSPS) is 16.6. The minimum atomic E-state index is 0.215. The minimum Gasteiger partial charge on any atom is -0.368 e. The molecule has 6 nitrogen and oxygen atoms in total. The number of nitrogens with zero attached hydrogens (tertiary/aromatic N) is 4. The van der Waals surface area contributed by atoms with Crippen molar-refractivity contribution in [1.29, 1.82) is 0 Å². The van der Waals surface area contributed by atoms with E-state index in [4.69, 9.17) is 10.7 Å². The molecule has 7 heteroatoms. The number of aromatic nitrogens is 3. The molecule has 0 bridgehead atoms. The summed E-state index contributed by atoms with van der Waals surface area (Å²) in [6.07, 6.45) is 9.79. The van der Waals surface area contributed by atoms with Gasteiger partial charge in [0.25, 0.3) is 0 Å². The lowest BCUT2D eigenvalue weighted by Crippen LogP contribution is -2.43. The third-order valence-electron chi connectivity index (χ3n) is 5.35. The summed E-state index contributed by atoms with van der Waals surface area (Å²) in [5, 5.41) is 10.7. The van der Waals surface area contributed by atoms with Crippen molar-refractivity contribution in [3.63, 3.8) is 0 Å². The molecule has 0 amide bonds. The van der Waals surface area contributed by atoms with Crippen LogP contribution in [0.15, 0.2) is 55.1 Å². The Morgan fingerprint density at radius 3 is 2.97 bits per heavy atom. The lowest BCUT2D eigenvalue weighted by Gasteiger charge is -2.34. The zero-order chi connectivity index (χ0) is 21.8. The second kappa shape index (κ2) is 9.32. The molecule has 0 unspecified atom stereocenters. The predicted octanol–water partition coefficient (Wildman–Crippen LogP) is 5.02. The van der Waals surface area contributed by atoms with Crippen LogP contribution in [0.2, 0.25) is 0 Å². The van der Waals surface area contributed by atoms with Gasteiger partial charge in [0.2, 0.25) is 5.13 Å². The highest BCUT2D eigenvalue weighted by Gasteiger charge is 2.20. The van der Waals surface area contributed by atoms with Gasteiger partial charge in [0.1, 0.15) is 0 Å². The summed E-state index contributed by atoms with van der Waals surface area (Å²) in [5.41, 5.74) is 11.8. The Bertz CT molecular complexity index is 1110. The molecule has 3 heterocycles. The van der Waals surface area contributed by atoms with Crippen molar-refractivity contribution in [3.05, 3.63) is 72.0 Å². The lowest BCUT2D eigenvalue weighted by atomic mass is 10.1. The first-order chi connectivity index (χ1) is 15.1. The van der Waals surface area contributed by atoms with E-state index >= 15 is 0 Å². The zero-order valence-electron chi connectivity index (χ0n) is 17.8. The first-order valence-corrected chi connectivity index (χ1v) is 11.3. The Morgan fingerprint density at radius 2 is 2.19 bits per heavy atom. The van der Waals surface area contributed by atoms with E-state index in [1.807, 2.05) is 35.2 Å². The molecule has 1 aliphatic heterocycles. The van der Waals surface area contributed by atoms with Gasteiger partial charge in [0, 0.05) is 30.1 Å². The number of hydrogen-bond donors (Lipinski definition) is 2. The van der Waals surface area contributed by atoms with Gasteiger partial charge in [-0.25, -0.2) is 9.67 Å².